The van der Waals surface area contributed by atoms with Crippen molar-refractivity contribution in [3.63, 3.8) is 0 Å². The fourth-order valence-corrected chi connectivity index (χ4v) is 2.10. The Kier molecular flexibility index (Phi) is 4.53. The third kappa shape index (κ3) is 3.24. The van der Waals surface area contributed by atoms with E-state index in [0.717, 1.165) is 23.2 Å². The number of aromatic nitrogens is 2. The summed E-state index contributed by atoms with van der Waals surface area (Å²) in [6.45, 7) is 3.03. The zero-order valence-electron chi connectivity index (χ0n) is 11.9. The van der Waals surface area contributed by atoms with Crippen molar-refractivity contribution < 1.29 is 4.79 Å². The molecule has 0 fully saturated rings. The average molecular weight is 272 g/mol. The van der Waals surface area contributed by atoms with Crippen LogP contribution in [0.3, 0.4) is 0 Å². The first-order chi connectivity index (χ1) is 9.63. The van der Waals surface area contributed by atoms with Gasteiger partial charge >= 0.3 is 0 Å². The molecule has 5 nitrogen and oxygen atoms in total. The molecular weight excluding hydrogens is 252 g/mol. The van der Waals surface area contributed by atoms with Crippen LogP contribution in [0.15, 0.2) is 30.5 Å². The predicted molar refractivity (Wildman–Crippen MR) is 78.1 cm³/mol. The second-order valence-corrected chi connectivity index (χ2v) is 4.71. The second-order valence-electron chi connectivity index (χ2n) is 4.71. The van der Waals surface area contributed by atoms with E-state index in [0.29, 0.717) is 18.7 Å². The van der Waals surface area contributed by atoms with Crippen LogP contribution >= 0.6 is 0 Å². The molecule has 0 saturated carbocycles. The lowest BCUT2D eigenvalue weighted by Gasteiger charge is -2.05. The highest BCUT2D eigenvalue weighted by atomic mass is 16.1. The molecule has 1 aromatic carbocycles. The maximum Gasteiger partial charge on any atom is 0.251 e. The number of nitrogens with two attached hydrogens (primary N) is 1. The highest BCUT2D eigenvalue weighted by Gasteiger charge is 2.09. The number of hydrogen-bond acceptors (Lipinski definition) is 3. The first-order valence-corrected chi connectivity index (χ1v) is 6.72. The van der Waals surface area contributed by atoms with Gasteiger partial charge in [0.05, 0.1) is 5.69 Å². The van der Waals surface area contributed by atoms with E-state index in [2.05, 4.69) is 17.3 Å². The molecule has 20 heavy (non-hydrogen) atoms. The number of carbonyl (C=O) groups excluding carboxylic acids is 1. The summed E-state index contributed by atoms with van der Waals surface area (Å²) in [4.78, 5) is 12.1. The van der Waals surface area contributed by atoms with Crippen LogP contribution < -0.4 is 11.1 Å². The van der Waals surface area contributed by atoms with E-state index in [9.17, 15) is 4.79 Å². The molecule has 0 bridgehead atoms. The Morgan fingerprint density at radius 3 is 2.65 bits per heavy atom. The first-order valence-electron chi connectivity index (χ1n) is 6.72. The smallest absolute Gasteiger partial charge is 0.251 e. The van der Waals surface area contributed by atoms with Gasteiger partial charge in [0.1, 0.15) is 0 Å². The predicted octanol–water partition coefficient (Wildman–Crippen LogP) is 1.37. The lowest BCUT2D eigenvalue weighted by Crippen LogP contribution is -2.23. The van der Waals surface area contributed by atoms with Gasteiger partial charge in [-0.3, -0.25) is 9.48 Å². The van der Waals surface area contributed by atoms with Gasteiger partial charge in [0.2, 0.25) is 0 Å². The lowest BCUT2D eigenvalue weighted by atomic mass is 10.1. The van der Waals surface area contributed by atoms with Gasteiger partial charge in [0.25, 0.3) is 5.91 Å². The zero-order chi connectivity index (χ0) is 14.5. The molecule has 0 unspecified atom stereocenters. The topological polar surface area (TPSA) is 72.9 Å². The molecule has 2 rings (SSSR count). The Balaban J connectivity index is 2.00. The highest BCUT2D eigenvalue weighted by molar-refractivity contribution is 5.94. The van der Waals surface area contributed by atoms with E-state index < -0.39 is 0 Å². The van der Waals surface area contributed by atoms with Gasteiger partial charge in [-0.05, 0) is 24.1 Å². The number of hydrogen-bond donors (Lipinski definition) is 2. The quantitative estimate of drug-likeness (QED) is 0.863. The number of rotatable bonds is 5. The lowest BCUT2D eigenvalue weighted by molar-refractivity contribution is 0.0951. The molecule has 5 heteroatoms. The molecule has 0 aliphatic carbocycles. The molecule has 0 aliphatic rings. The number of aryl methyl sites for hydroxylation is 2. The molecule has 1 heterocycles. The summed E-state index contributed by atoms with van der Waals surface area (Å²) in [6, 6.07) is 7.33. The number of amides is 1. The van der Waals surface area contributed by atoms with Crippen LogP contribution in [0.4, 0.5) is 0 Å². The minimum atomic E-state index is -0.0838. The molecule has 0 radical (unpaired) electrons. The van der Waals surface area contributed by atoms with Crippen molar-refractivity contribution in [2.75, 3.05) is 0 Å². The maximum absolute atomic E-state index is 12.1. The SMILES string of the molecule is CCc1nn(C)cc1CNC(=O)c1ccc(CN)cc1. The first kappa shape index (κ1) is 14.3. The summed E-state index contributed by atoms with van der Waals surface area (Å²) < 4.78 is 1.77. The largest absolute Gasteiger partial charge is 0.348 e. The van der Waals surface area contributed by atoms with Gasteiger partial charge in [-0.25, -0.2) is 0 Å². The fraction of sp³-hybridized carbons (Fsp3) is 0.333. The van der Waals surface area contributed by atoms with Crippen LogP contribution in [0.2, 0.25) is 0 Å². The Morgan fingerprint density at radius 1 is 1.35 bits per heavy atom. The number of carbonyl (C=O) groups is 1. The Hall–Kier alpha value is -2.14. The van der Waals surface area contributed by atoms with Crippen LogP contribution in [0.25, 0.3) is 0 Å². The van der Waals surface area contributed by atoms with Crippen LogP contribution in [-0.2, 0) is 26.6 Å². The molecule has 3 N–H and O–H groups in total. The van der Waals surface area contributed by atoms with Crippen LogP contribution in [0.1, 0.15) is 34.1 Å². The van der Waals surface area contributed by atoms with Crippen LogP contribution in [-0.4, -0.2) is 15.7 Å². The molecule has 0 saturated heterocycles. The average Bonchev–Trinajstić information content (AvgIpc) is 2.85. The monoisotopic (exact) mass is 272 g/mol. The second kappa shape index (κ2) is 6.34. The van der Waals surface area contributed by atoms with Crippen molar-refractivity contribution in [1.82, 2.24) is 15.1 Å². The van der Waals surface area contributed by atoms with Gasteiger partial charge in [-0.1, -0.05) is 19.1 Å². The fourth-order valence-electron chi connectivity index (χ4n) is 2.10. The third-order valence-electron chi connectivity index (χ3n) is 3.22. The van der Waals surface area contributed by atoms with E-state index in [1.165, 1.54) is 0 Å². The van der Waals surface area contributed by atoms with E-state index in [1.807, 2.05) is 25.4 Å². The van der Waals surface area contributed by atoms with Gasteiger partial charge in [0.15, 0.2) is 0 Å². The highest BCUT2D eigenvalue weighted by Crippen LogP contribution is 2.08. The summed E-state index contributed by atoms with van der Waals surface area (Å²) in [5.41, 5.74) is 9.27. The van der Waals surface area contributed by atoms with Crippen molar-refractivity contribution in [3.8, 4) is 0 Å². The van der Waals surface area contributed by atoms with Crippen molar-refractivity contribution in [2.45, 2.75) is 26.4 Å². The standard InChI is InChI=1S/C15H20N4O/c1-3-14-13(10-19(2)18-14)9-17-15(20)12-6-4-11(8-16)5-7-12/h4-7,10H,3,8-9,16H2,1-2H3,(H,17,20). The minimum absolute atomic E-state index is 0.0838. The molecule has 1 amide bonds. The molecule has 1 aromatic heterocycles. The number of nitrogens with one attached hydrogen (secondary N) is 1. The normalized spacial score (nSPS) is 10.6. The maximum atomic E-state index is 12.1. The van der Waals surface area contributed by atoms with Gasteiger partial charge in [-0.2, -0.15) is 5.10 Å². The van der Waals surface area contributed by atoms with Crippen LogP contribution in [0.5, 0.6) is 0 Å². The summed E-state index contributed by atoms with van der Waals surface area (Å²) in [6.07, 6.45) is 2.80. The third-order valence-corrected chi connectivity index (χ3v) is 3.22. The van der Waals surface area contributed by atoms with Crippen molar-refractivity contribution in [2.24, 2.45) is 12.8 Å². The van der Waals surface area contributed by atoms with Crippen LogP contribution in [0, 0.1) is 0 Å². The summed E-state index contributed by atoms with van der Waals surface area (Å²) >= 11 is 0. The van der Waals surface area contributed by atoms with E-state index >= 15 is 0 Å². The molecular formula is C15H20N4O. The van der Waals surface area contributed by atoms with E-state index in [-0.39, 0.29) is 5.91 Å². The molecule has 0 atom stereocenters. The molecule has 0 aliphatic heterocycles. The molecule has 0 spiro atoms. The van der Waals surface area contributed by atoms with Crippen molar-refractivity contribution >= 4 is 5.91 Å². The summed E-state index contributed by atoms with van der Waals surface area (Å²) in [5, 5.41) is 7.27. The Bertz CT molecular complexity index is 586. The van der Waals surface area contributed by atoms with Crippen molar-refractivity contribution in [3.05, 3.63) is 52.8 Å². The molecule has 2 aromatic rings. The number of benzene rings is 1. The summed E-state index contributed by atoms with van der Waals surface area (Å²) in [7, 11) is 1.88. The van der Waals surface area contributed by atoms with Crippen molar-refractivity contribution in [1.29, 1.82) is 0 Å². The number of nitrogens with zero attached hydrogens (tertiary/aromatic N) is 2. The zero-order valence-corrected chi connectivity index (χ0v) is 11.9. The summed E-state index contributed by atoms with van der Waals surface area (Å²) in [5.74, 6) is -0.0838. The Morgan fingerprint density at radius 2 is 2.05 bits per heavy atom. The Labute approximate surface area is 118 Å². The van der Waals surface area contributed by atoms with Gasteiger partial charge in [-0.15, -0.1) is 0 Å². The van der Waals surface area contributed by atoms with E-state index in [4.69, 9.17) is 5.73 Å². The van der Waals surface area contributed by atoms with Gasteiger partial charge in [0, 0.05) is 37.5 Å². The minimum Gasteiger partial charge on any atom is -0.348 e. The van der Waals surface area contributed by atoms with Gasteiger partial charge < -0.3 is 11.1 Å². The molecule has 106 valence electrons. The van der Waals surface area contributed by atoms with E-state index in [1.54, 1.807) is 16.8 Å².